The molecular formula is C12H11N7. The van der Waals surface area contributed by atoms with Crippen LogP contribution in [0.25, 0.3) is 22.9 Å². The molecule has 5 N–H and O–H groups in total. The summed E-state index contributed by atoms with van der Waals surface area (Å²) in [4.78, 5) is 19.2. The van der Waals surface area contributed by atoms with Gasteiger partial charge in [0.1, 0.15) is 11.5 Å². The minimum atomic E-state index is 0.0818. The maximum Gasteiger partial charge on any atom is 0.225 e. The van der Waals surface area contributed by atoms with E-state index < -0.39 is 0 Å². The largest absolute Gasteiger partial charge is 0.368 e. The molecule has 0 spiro atoms. The fourth-order valence-corrected chi connectivity index (χ4v) is 1.71. The molecule has 0 unspecified atom stereocenters. The summed E-state index contributed by atoms with van der Waals surface area (Å²) in [6.07, 6.45) is 1.64. The molecule has 94 valence electrons. The van der Waals surface area contributed by atoms with E-state index in [2.05, 4.69) is 24.9 Å². The van der Waals surface area contributed by atoms with E-state index in [1.807, 2.05) is 30.3 Å². The van der Waals surface area contributed by atoms with Crippen molar-refractivity contribution in [3.63, 3.8) is 0 Å². The van der Waals surface area contributed by atoms with Crippen LogP contribution in [0.5, 0.6) is 0 Å². The number of aromatic amines is 1. The molecule has 0 radical (unpaired) electrons. The lowest BCUT2D eigenvalue weighted by atomic mass is 10.2. The van der Waals surface area contributed by atoms with E-state index in [0.717, 1.165) is 11.4 Å². The summed E-state index contributed by atoms with van der Waals surface area (Å²) < 4.78 is 0. The summed E-state index contributed by atoms with van der Waals surface area (Å²) in [7, 11) is 0. The van der Waals surface area contributed by atoms with Crippen molar-refractivity contribution in [3.8, 4) is 22.9 Å². The second kappa shape index (κ2) is 4.37. The molecule has 0 bridgehead atoms. The first-order valence-electron chi connectivity index (χ1n) is 5.60. The highest BCUT2D eigenvalue weighted by Crippen LogP contribution is 2.19. The van der Waals surface area contributed by atoms with Gasteiger partial charge in [0.05, 0.1) is 6.20 Å². The normalized spacial score (nSPS) is 10.5. The second-order valence-corrected chi connectivity index (χ2v) is 3.89. The van der Waals surface area contributed by atoms with Gasteiger partial charge in [-0.2, -0.15) is 15.0 Å². The van der Waals surface area contributed by atoms with Crippen LogP contribution in [0.1, 0.15) is 0 Å². The number of benzene rings is 1. The predicted octanol–water partition coefficient (Wildman–Crippen LogP) is 1.09. The third-order valence-corrected chi connectivity index (χ3v) is 2.53. The molecule has 7 heteroatoms. The summed E-state index contributed by atoms with van der Waals surface area (Å²) in [5.74, 6) is 1.27. The van der Waals surface area contributed by atoms with Crippen molar-refractivity contribution in [1.29, 1.82) is 0 Å². The minimum absolute atomic E-state index is 0.0818. The highest BCUT2D eigenvalue weighted by atomic mass is 15.1. The average molecular weight is 253 g/mol. The van der Waals surface area contributed by atoms with Gasteiger partial charge in [0.2, 0.25) is 11.9 Å². The van der Waals surface area contributed by atoms with Gasteiger partial charge in [-0.3, -0.25) is 0 Å². The monoisotopic (exact) mass is 253 g/mol. The van der Waals surface area contributed by atoms with Crippen LogP contribution in [-0.4, -0.2) is 24.9 Å². The van der Waals surface area contributed by atoms with Crippen LogP contribution in [0.2, 0.25) is 0 Å². The Bertz CT molecular complexity index is 685. The number of rotatable bonds is 2. The number of nitrogens with zero attached hydrogens (tertiary/aromatic N) is 4. The van der Waals surface area contributed by atoms with Gasteiger partial charge in [-0.25, -0.2) is 4.98 Å². The molecule has 0 aliphatic heterocycles. The van der Waals surface area contributed by atoms with Crippen LogP contribution in [0.4, 0.5) is 11.9 Å². The molecule has 0 saturated heterocycles. The lowest BCUT2D eigenvalue weighted by Gasteiger charge is -1.99. The van der Waals surface area contributed by atoms with Gasteiger partial charge in [-0.05, 0) is 0 Å². The van der Waals surface area contributed by atoms with Gasteiger partial charge in [0, 0.05) is 5.56 Å². The number of hydrogen-bond donors (Lipinski definition) is 3. The number of nitrogens with one attached hydrogen (secondary N) is 1. The molecule has 1 aromatic carbocycles. The van der Waals surface area contributed by atoms with Crippen molar-refractivity contribution in [1.82, 2.24) is 24.9 Å². The van der Waals surface area contributed by atoms with Crippen LogP contribution in [0.3, 0.4) is 0 Å². The SMILES string of the molecule is Nc1nc(N)nc(-c2cnc(-c3ccccc3)[nH]2)n1. The molecule has 7 nitrogen and oxygen atoms in total. The minimum Gasteiger partial charge on any atom is -0.368 e. The standard InChI is InChI=1S/C12H11N7/c13-11-17-10(18-12(14)19-11)8-6-15-9(16-8)7-4-2-1-3-5-7/h1-6H,(H,15,16)(H4,13,14,17,18,19). The van der Waals surface area contributed by atoms with Crippen molar-refractivity contribution in [2.45, 2.75) is 0 Å². The maximum atomic E-state index is 5.54. The molecule has 19 heavy (non-hydrogen) atoms. The Morgan fingerprint density at radius 3 is 2.26 bits per heavy atom. The number of nitrogen functional groups attached to an aromatic ring is 2. The second-order valence-electron chi connectivity index (χ2n) is 3.89. The molecule has 3 rings (SSSR count). The molecule has 0 saturated carbocycles. The van der Waals surface area contributed by atoms with Crippen molar-refractivity contribution >= 4 is 11.9 Å². The molecular weight excluding hydrogens is 242 g/mol. The highest BCUT2D eigenvalue weighted by molar-refractivity contribution is 5.60. The molecule has 3 aromatic rings. The number of anilines is 2. The van der Waals surface area contributed by atoms with Crippen LogP contribution in [-0.2, 0) is 0 Å². The van der Waals surface area contributed by atoms with Crippen molar-refractivity contribution in [2.24, 2.45) is 0 Å². The van der Waals surface area contributed by atoms with Crippen molar-refractivity contribution in [2.75, 3.05) is 11.5 Å². The molecule has 0 amide bonds. The third kappa shape index (κ3) is 2.21. The van der Waals surface area contributed by atoms with Crippen LogP contribution >= 0.6 is 0 Å². The topological polar surface area (TPSA) is 119 Å². The smallest absolute Gasteiger partial charge is 0.225 e. The molecule has 2 heterocycles. The lowest BCUT2D eigenvalue weighted by Crippen LogP contribution is -2.04. The summed E-state index contributed by atoms with van der Waals surface area (Å²) >= 11 is 0. The number of H-pyrrole nitrogens is 1. The number of imidazole rings is 1. The quantitative estimate of drug-likeness (QED) is 0.629. The van der Waals surface area contributed by atoms with E-state index in [9.17, 15) is 0 Å². The summed E-state index contributed by atoms with van der Waals surface area (Å²) in [6, 6.07) is 9.74. The average Bonchev–Trinajstić information content (AvgIpc) is 2.88. The van der Waals surface area contributed by atoms with Gasteiger partial charge in [-0.1, -0.05) is 30.3 Å². The summed E-state index contributed by atoms with van der Waals surface area (Å²) in [5, 5.41) is 0. The first-order chi connectivity index (χ1) is 9.22. The predicted molar refractivity (Wildman–Crippen MR) is 71.7 cm³/mol. The number of hydrogen-bond acceptors (Lipinski definition) is 6. The van der Waals surface area contributed by atoms with Gasteiger partial charge < -0.3 is 16.5 Å². The number of aromatic nitrogens is 5. The Labute approximate surface area is 108 Å². The number of nitrogens with two attached hydrogens (primary N) is 2. The van der Waals surface area contributed by atoms with Crippen LogP contribution in [0, 0.1) is 0 Å². The fourth-order valence-electron chi connectivity index (χ4n) is 1.71. The molecule has 0 aliphatic carbocycles. The Morgan fingerprint density at radius 2 is 1.58 bits per heavy atom. The van der Waals surface area contributed by atoms with Crippen LogP contribution < -0.4 is 11.5 Å². The van der Waals surface area contributed by atoms with Gasteiger partial charge in [0.15, 0.2) is 5.82 Å². The zero-order valence-electron chi connectivity index (χ0n) is 9.91. The van der Waals surface area contributed by atoms with Crippen LogP contribution in [0.15, 0.2) is 36.5 Å². The third-order valence-electron chi connectivity index (χ3n) is 2.53. The zero-order chi connectivity index (χ0) is 13.2. The molecule has 2 aromatic heterocycles. The van der Waals surface area contributed by atoms with E-state index >= 15 is 0 Å². The zero-order valence-corrected chi connectivity index (χ0v) is 9.91. The van der Waals surface area contributed by atoms with Gasteiger partial charge in [0.25, 0.3) is 0 Å². The van der Waals surface area contributed by atoms with E-state index in [1.165, 1.54) is 0 Å². The Balaban J connectivity index is 2.02. The molecule has 0 aliphatic rings. The van der Waals surface area contributed by atoms with Crippen molar-refractivity contribution < 1.29 is 0 Å². The summed E-state index contributed by atoms with van der Waals surface area (Å²) in [6.45, 7) is 0. The lowest BCUT2D eigenvalue weighted by molar-refractivity contribution is 1.08. The fraction of sp³-hybridized carbons (Fsp3) is 0. The maximum absolute atomic E-state index is 5.54. The van der Waals surface area contributed by atoms with Gasteiger partial charge >= 0.3 is 0 Å². The molecule has 0 fully saturated rings. The highest BCUT2D eigenvalue weighted by Gasteiger charge is 2.09. The Hall–Kier alpha value is -2.96. The van der Waals surface area contributed by atoms with E-state index in [0.29, 0.717) is 11.5 Å². The van der Waals surface area contributed by atoms with E-state index in [1.54, 1.807) is 6.20 Å². The van der Waals surface area contributed by atoms with Gasteiger partial charge in [-0.15, -0.1) is 0 Å². The Morgan fingerprint density at radius 1 is 0.895 bits per heavy atom. The Kier molecular flexibility index (Phi) is 2.57. The van der Waals surface area contributed by atoms with E-state index in [-0.39, 0.29) is 11.9 Å². The molecule has 0 atom stereocenters. The first-order valence-corrected chi connectivity index (χ1v) is 5.60. The summed E-state index contributed by atoms with van der Waals surface area (Å²) in [5.41, 5.74) is 12.7. The van der Waals surface area contributed by atoms with Crippen molar-refractivity contribution in [3.05, 3.63) is 36.5 Å². The van der Waals surface area contributed by atoms with E-state index in [4.69, 9.17) is 11.5 Å². The first kappa shape index (κ1) is 11.1.